The molecule has 0 aliphatic carbocycles. The highest BCUT2D eigenvalue weighted by atomic mass is 32.2. The summed E-state index contributed by atoms with van der Waals surface area (Å²) in [6, 6.07) is 2.11. The first-order valence-corrected chi connectivity index (χ1v) is 4.64. The van der Waals surface area contributed by atoms with Crippen LogP contribution in [0.1, 0.15) is 0 Å². The summed E-state index contributed by atoms with van der Waals surface area (Å²) in [5, 5.41) is 0. The molecular weight excluding hydrogens is 202 g/mol. The molecule has 0 spiro atoms. The molecule has 0 saturated carbocycles. The van der Waals surface area contributed by atoms with Crippen LogP contribution in [0, 0.1) is 11.6 Å². The van der Waals surface area contributed by atoms with Gasteiger partial charge >= 0.3 is 0 Å². The van der Waals surface area contributed by atoms with Crippen molar-refractivity contribution in [2.24, 2.45) is 0 Å². The number of hydrogen-bond donors (Lipinski definition) is 0. The van der Waals surface area contributed by atoms with Crippen molar-refractivity contribution >= 4 is 10.1 Å². The van der Waals surface area contributed by atoms with E-state index in [4.69, 9.17) is 0 Å². The summed E-state index contributed by atoms with van der Waals surface area (Å²) in [6.07, 6.45) is 0. The van der Waals surface area contributed by atoms with Crippen LogP contribution in [0.5, 0.6) is 0 Å². The van der Waals surface area contributed by atoms with E-state index in [2.05, 4.69) is 4.18 Å². The zero-order valence-corrected chi connectivity index (χ0v) is 7.44. The molecule has 3 nitrogen and oxygen atoms in total. The van der Waals surface area contributed by atoms with Crippen molar-refractivity contribution in [2.75, 3.05) is 7.11 Å². The van der Waals surface area contributed by atoms with E-state index in [1.165, 1.54) is 0 Å². The predicted molar refractivity (Wildman–Crippen MR) is 40.6 cm³/mol. The molecule has 0 N–H and O–H groups in total. The molecule has 1 aromatic rings. The zero-order chi connectivity index (χ0) is 10.1. The summed E-state index contributed by atoms with van der Waals surface area (Å²) >= 11 is 0. The molecule has 72 valence electrons. The smallest absolute Gasteiger partial charge is 0.270 e. The molecule has 0 aliphatic heterocycles. The van der Waals surface area contributed by atoms with E-state index in [1.54, 1.807) is 0 Å². The summed E-state index contributed by atoms with van der Waals surface area (Å²) < 4.78 is 51.3. The van der Waals surface area contributed by atoms with Gasteiger partial charge in [-0.15, -0.1) is 0 Å². The van der Waals surface area contributed by atoms with Gasteiger partial charge in [-0.1, -0.05) is 0 Å². The molecule has 0 fully saturated rings. The van der Waals surface area contributed by atoms with Crippen LogP contribution in [0.15, 0.2) is 23.1 Å². The van der Waals surface area contributed by atoms with Gasteiger partial charge < -0.3 is 0 Å². The Morgan fingerprint density at radius 3 is 2.46 bits per heavy atom. The lowest BCUT2D eigenvalue weighted by Gasteiger charge is -2.01. The summed E-state index contributed by atoms with van der Waals surface area (Å²) in [5.41, 5.74) is 0. The molecule has 0 aromatic heterocycles. The lowest BCUT2D eigenvalue weighted by molar-refractivity contribution is 0.392. The maximum atomic E-state index is 12.8. The van der Waals surface area contributed by atoms with E-state index < -0.39 is 26.6 Å². The summed E-state index contributed by atoms with van der Waals surface area (Å²) in [6.45, 7) is 0. The van der Waals surface area contributed by atoms with Gasteiger partial charge in [-0.3, -0.25) is 4.18 Å². The second-order valence-electron chi connectivity index (χ2n) is 2.20. The van der Waals surface area contributed by atoms with Crippen LogP contribution in [0.3, 0.4) is 0 Å². The average molecular weight is 208 g/mol. The van der Waals surface area contributed by atoms with Crippen molar-refractivity contribution in [1.29, 1.82) is 0 Å². The van der Waals surface area contributed by atoms with E-state index in [0.29, 0.717) is 6.07 Å². The Labute approximate surface area is 74.1 Å². The monoisotopic (exact) mass is 208 g/mol. The van der Waals surface area contributed by atoms with Crippen molar-refractivity contribution in [3.8, 4) is 0 Å². The second-order valence-corrected chi connectivity index (χ2v) is 3.88. The van der Waals surface area contributed by atoms with Crippen molar-refractivity contribution in [3.05, 3.63) is 29.8 Å². The van der Waals surface area contributed by atoms with Crippen LogP contribution >= 0.6 is 0 Å². The average Bonchev–Trinajstić information content (AvgIpc) is 2.09. The minimum atomic E-state index is -4.17. The van der Waals surface area contributed by atoms with Gasteiger partial charge in [0.15, 0.2) is 0 Å². The fraction of sp³-hybridized carbons (Fsp3) is 0.143. The molecule has 6 heteroatoms. The van der Waals surface area contributed by atoms with Crippen molar-refractivity contribution < 1.29 is 21.4 Å². The van der Waals surface area contributed by atoms with Gasteiger partial charge in [-0.25, -0.2) is 8.78 Å². The fourth-order valence-electron chi connectivity index (χ4n) is 0.759. The van der Waals surface area contributed by atoms with Crippen LogP contribution in [0.4, 0.5) is 8.78 Å². The molecule has 0 atom stereocenters. The third kappa shape index (κ3) is 2.02. The summed E-state index contributed by atoms with van der Waals surface area (Å²) in [4.78, 5) is -0.796. The molecule has 1 aromatic carbocycles. The van der Waals surface area contributed by atoms with E-state index in [0.717, 1.165) is 19.2 Å². The molecule has 0 amide bonds. The van der Waals surface area contributed by atoms with Gasteiger partial charge in [0.25, 0.3) is 10.1 Å². The third-order valence-corrected chi connectivity index (χ3v) is 2.67. The van der Waals surface area contributed by atoms with Gasteiger partial charge in [0.1, 0.15) is 16.5 Å². The van der Waals surface area contributed by atoms with E-state index in [9.17, 15) is 17.2 Å². The molecule has 13 heavy (non-hydrogen) atoms. The predicted octanol–water partition coefficient (Wildman–Crippen LogP) is 1.30. The topological polar surface area (TPSA) is 43.4 Å². The highest BCUT2D eigenvalue weighted by Crippen LogP contribution is 2.17. The maximum absolute atomic E-state index is 12.8. The fourth-order valence-corrected chi connectivity index (χ4v) is 1.50. The number of halogens is 2. The third-order valence-electron chi connectivity index (χ3n) is 1.38. The SMILES string of the molecule is COS(=O)(=O)c1cc(F)ccc1F. The Bertz CT molecular complexity index is 414. The molecule has 0 heterocycles. The Hall–Kier alpha value is -1.01. The van der Waals surface area contributed by atoms with Crippen LogP contribution in [0.2, 0.25) is 0 Å². The molecule has 1 rings (SSSR count). The Balaban J connectivity index is 3.38. The first-order chi connectivity index (χ1) is 5.97. The molecule has 0 saturated heterocycles. The summed E-state index contributed by atoms with van der Waals surface area (Å²) in [5.74, 6) is -1.87. The van der Waals surface area contributed by atoms with Crippen LogP contribution < -0.4 is 0 Å². The van der Waals surface area contributed by atoms with Crippen LogP contribution in [-0.4, -0.2) is 15.5 Å². The van der Waals surface area contributed by atoms with Gasteiger partial charge in [0, 0.05) is 0 Å². The maximum Gasteiger partial charge on any atom is 0.299 e. The van der Waals surface area contributed by atoms with Gasteiger partial charge in [-0.05, 0) is 18.2 Å². The van der Waals surface area contributed by atoms with Crippen LogP contribution in [0.25, 0.3) is 0 Å². The highest BCUT2D eigenvalue weighted by Gasteiger charge is 2.18. The quantitative estimate of drug-likeness (QED) is 0.688. The van der Waals surface area contributed by atoms with Crippen molar-refractivity contribution in [3.63, 3.8) is 0 Å². The van der Waals surface area contributed by atoms with E-state index in [1.807, 2.05) is 0 Å². The van der Waals surface area contributed by atoms with E-state index in [-0.39, 0.29) is 0 Å². The minimum Gasteiger partial charge on any atom is -0.270 e. The number of benzene rings is 1. The normalized spacial score (nSPS) is 11.6. The lowest BCUT2D eigenvalue weighted by Crippen LogP contribution is -2.05. The second kappa shape index (κ2) is 3.39. The molecular formula is C7H6F2O3S. The van der Waals surface area contributed by atoms with Gasteiger partial charge in [0.2, 0.25) is 0 Å². The summed E-state index contributed by atoms with van der Waals surface area (Å²) in [7, 11) is -3.29. The first-order valence-electron chi connectivity index (χ1n) is 3.23. The molecule has 0 aliphatic rings. The zero-order valence-electron chi connectivity index (χ0n) is 6.62. The van der Waals surface area contributed by atoms with Gasteiger partial charge in [0.05, 0.1) is 7.11 Å². The molecule has 0 radical (unpaired) electrons. The van der Waals surface area contributed by atoms with E-state index >= 15 is 0 Å². The molecule has 0 bridgehead atoms. The number of hydrogen-bond acceptors (Lipinski definition) is 3. The lowest BCUT2D eigenvalue weighted by atomic mass is 10.3. The first kappa shape index (κ1) is 10.1. The van der Waals surface area contributed by atoms with Crippen LogP contribution in [-0.2, 0) is 14.3 Å². The molecule has 0 unspecified atom stereocenters. The Kier molecular flexibility index (Phi) is 2.63. The number of rotatable bonds is 2. The van der Waals surface area contributed by atoms with Crippen molar-refractivity contribution in [2.45, 2.75) is 4.90 Å². The largest absolute Gasteiger partial charge is 0.299 e. The Morgan fingerprint density at radius 1 is 1.31 bits per heavy atom. The Morgan fingerprint density at radius 2 is 1.92 bits per heavy atom. The van der Waals surface area contributed by atoms with Gasteiger partial charge in [-0.2, -0.15) is 8.42 Å². The highest BCUT2D eigenvalue weighted by molar-refractivity contribution is 7.86. The standard InChI is InChI=1S/C7H6F2O3S/c1-12-13(10,11)7-4-5(8)2-3-6(7)9/h2-4H,1H3. The van der Waals surface area contributed by atoms with Crippen molar-refractivity contribution in [1.82, 2.24) is 0 Å². The minimum absolute atomic E-state index is 0.564.